The van der Waals surface area contributed by atoms with Crippen LogP contribution in [0.2, 0.25) is 0 Å². The molecule has 2 N–H and O–H groups in total. The highest BCUT2D eigenvalue weighted by atomic mass is 35.5. The summed E-state index contributed by atoms with van der Waals surface area (Å²) in [5, 5.41) is 0. The molecule has 0 fully saturated rings. The number of amides is 1. The van der Waals surface area contributed by atoms with Gasteiger partial charge in [-0.1, -0.05) is 12.1 Å². The smallest absolute Gasteiger partial charge is 0.251 e. The van der Waals surface area contributed by atoms with Crippen molar-refractivity contribution in [3.63, 3.8) is 0 Å². The van der Waals surface area contributed by atoms with Crippen LogP contribution in [0, 0.1) is 5.82 Å². The van der Waals surface area contributed by atoms with Crippen molar-refractivity contribution in [3.05, 3.63) is 35.1 Å². The average Bonchev–Trinajstić information content (AvgIpc) is 2.16. The minimum atomic E-state index is -0.741. The maximum atomic E-state index is 13.5. The monoisotopic (exact) mass is 215 g/mol. The van der Waals surface area contributed by atoms with Crippen molar-refractivity contribution in [2.75, 3.05) is 5.88 Å². The standard InChI is InChI=1S/C10H11ClFNO/c11-6-2-4-7-3-1-5-8(9(7)12)10(13)14/h1,3,5H,2,4,6H2,(H2,13,14). The van der Waals surface area contributed by atoms with Crippen LogP contribution >= 0.6 is 11.6 Å². The van der Waals surface area contributed by atoms with Crippen molar-refractivity contribution in [1.82, 2.24) is 0 Å². The lowest BCUT2D eigenvalue weighted by Gasteiger charge is -2.04. The van der Waals surface area contributed by atoms with Crippen LogP contribution in [0.4, 0.5) is 4.39 Å². The molecule has 0 aliphatic carbocycles. The van der Waals surface area contributed by atoms with Gasteiger partial charge in [0.15, 0.2) is 0 Å². The SMILES string of the molecule is NC(=O)c1cccc(CCCCl)c1F. The number of carbonyl (C=O) groups is 1. The summed E-state index contributed by atoms with van der Waals surface area (Å²) in [5.41, 5.74) is 5.44. The Labute approximate surface area is 86.9 Å². The molecule has 0 radical (unpaired) electrons. The fourth-order valence-corrected chi connectivity index (χ4v) is 1.35. The molecule has 1 amide bonds. The number of alkyl halides is 1. The van der Waals surface area contributed by atoms with Gasteiger partial charge < -0.3 is 5.73 Å². The maximum Gasteiger partial charge on any atom is 0.251 e. The summed E-state index contributed by atoms with van der Waals surface area (Å²) < 4.78 is 13.5. The van der Waals surface area contributed by atoms with Crippen molar-refractivity contribution in [3.8, 4) is 0 Å². The lowest BCUT2D eigenvalue weighted by Crippen LogP contribution is -2.14. The summed E-state index contributed by atoms with van der Waals surface area (Å²) in [5.74, 6) is -0.791. The highest BCUT2D eigenvalue weighted by Gasteiger charge is 2.11. The molecule has 0 saturated carbocycles. The van der Waals surface area contributed by atoms with Crippen molar-refractivity contribution < 1.29 is 9.18 Å². The van der Waals surface area contributed by atoms with E-state index in [9.17, 15) is 9.18 Å². The Bertz CT molecular complexity index is 341. The van der Waals surface area contributed by atoms with Gasteiger partial charge in [0.1, 0.15) is 5.82 Å². The quantitative estimate of drug-likeness (QED) is 0.768. The first-order valence-corrected chi connectivity index (χ1v) is 4.83. The molecule has 0 aliphatic heterocycles. The van der Waals surface area contributed by atoms with E-state index in [2.05, 4.69) is 0 Å². The summed E-state index contributed by atoms with van der Waals surface area (Å²) in [6.07, 6.45) is 1.21. The second-order valence-electron chi connectivity index (χ2n) is 2.94. The van der Waals surface area contributed by atoms with Gasteiger partial charge in [-0.15, -0.1) is 11.6 Å². The van der Waals surface area contributed by atoms with E-state index in [1.807, 2.05) is 0 Å². The van der Waals surface area contributed by atoms with Crippen LogP contribution < -0.4 is 5.73 Å². The number of aryl methyl sites for hydroxylation is 1. The predicted molar refractivity (Wildman–Crippen MR) is 54.0 cm³/mol. The van der Waals surface area contributed by atoms with Gasteiger partial charge in [-0.25, -0.2) is 4.39 Å². The molecule has 0 atom stereocenters. The van der Waals surface area contributed by atoms with Crippen molar-refractivity contribution in [2.45, 2.75) is 12.8 Å². The lowest BCUT2D eigenvalue weighted by molar-refractivity contribution is 0.0996. The molecule has 14 heavy (non-hydrogen) atoms. The molecule has 4 heteroatoms. The normalized spacial score (nSPS) is 10.1. The van der Waals surface area contributed by atoms with Crippen LogP contribution in [0.15, 0.2) is 18.2 Å². The number of nitrogens with two attached hydrogens (primary N) is 1. The van der Waals surface area contributed by atoms with Gasteiger partial charge in [-0.3, -0.25) is 4.79 Å². The predicted octanol–water partition coefficient (Wildman–Crippen LogP) is 2.10. The zero-order valence-electron chi connectivity index (χ0n) is 7.59. The van der Waals surface area contributed by atoms with Gasteiger partial charge in [0, 0.05) is 5.88 Å². The van der Waals surface area contributed by atoms with Gasteiger partial charge in [0.05, 0.1) is 5.56 Å². The van der Waals surface area contributed by atoms with Gasteiger partial charge in [-0.2, -0.15) is 0 Å². The molecule has 0 bridgehead atoms. The molecular formula is C10H11ClFNO. The molecule has 1 aromatic rings. The number of benzene rings is 1. The summed E-state index contributed by atoms with van der Waals surface area (Å²) in [6, 6.07) is 4.63. The first-order valence-electron chi connectivity index (χ1n) is 4.30. The molecule has 0 aromatic heterocycles. The molecule has 0 heterocycles. The number of hydrogen-bond acceptors (Lipinski definition) is 1. The Balaban J connectivity index is 2.95. The van der Waals surface area contributed by atoms with Crippen molar-refractivity contribution >= 4 is 17.5 Å². The molecule has 1 aromatic carbocycles. The number of carbonyl (C=O) groups excluding carboxylic acids is 1. The lowest BCUT2D eigenvalue weighted by atomic mass is 10.1. The Kier molecular flexibility index (Phi) is 3.89. The van der Waals surface area contributed by atoms with Crippen LogP contribution in [-0.4, -0.2) is 11.8 Å². The van der Waals surface area contributed by atoms with E-state index >= 15 is 0 Å². The van der Waals surface area contributed by atoms with E-state index in [0.29, 0.717) is 24.3 Å². The van der Waals surface area contributed by atoms with Crippen LogP contribution in [0.25, 0.3) is 0 Å². The summed E-state index contributed by atoms with van der Waals surface area (Å²) >= 11 is 5.49. The van der Waals surface area contributed by atoms with Gasteiger partial charge in [0.2, 0.25) is 0 Å². The van der Waals surface area contributed by atoms with Crippen LogP contribution in [-0.2, 0) is 6.42 Å². The maximum absolute atomic E-state index is 13.5. The Morgan fingerprint density at radius 2 is 2.21 bits per heavy atom. The molecule has 1 rings (SSSR count). The molecule has 76 valence electrons. The highest BCUT2D eigenvalue weighted by molar-refractivity contribution is 6.17. The molecule has 0 aliphatic rings. The molecule has 0 unspecified atom stereocenters. The average molecular weight is 216 g/mol. The van der Waals surface area contributed by atoms with Gasteiger partial charge in [0.25, 0.3) is 5.91 Å². The first kappa shape index (κ1) is 11.0. The highest BCUT2D eigenvalue weighted by Crippen LogP contribution is 2.14. The van der Waals surface area contributed by atoms with Gasteiger partial charge >= 0.3 is 0 Å². The van der Waals surface area contributed by atoms with E-state index in [4.69, 9.17) is 17.3 Å². The van der Waals surface area contributed by atoms with E-state index in [1.54, 1.807) is 12.1 Å². The van der Waals surface area contributed by atoms with E-state index < -0.39 is 11.7 Å². The summed E-state index contributed by atoms with van der Waals surface area (Å²) in [4.78, 5) is 10.8. The molecular weight excluding hydrogens is 205 g/mol. The Morgan fingerprint density at radius 1 is 1.50 bits per heavy atom. The minimum absolute atomic E-state index is 0.0583. The molecule has 0 saturated heterocycles. The first-order chi connectivity index (χ1) is 6.66. The van der Waals surface area contributed by atoms with E-state index in [-0.39, 0.29) is 5.56 Å². The summed E-state index contributed by atoms with van der Waals surface area (Å²) in [7, 11) is 0. The third-order valence-corrected chi connectivity index (χ3v) is 2.19. The fraction of sp³-hybridized carbons (Fsp3) is 0.300. The van der Waals surface area contributed by atoms with E-state index in [1.165, 1.54) is 6.07 Å². The molecule has 0 spiro atoms. The second kappa shape index (κ2) is 4.96. The van der Waals surface area contributed by atoms with Crippen LogP contribution in [0.5, 0.6) is 0 Å². The Morgan fingerprint density at radius 3 is 2.79 bits per heavy atom. The zero-order chi connectivity index (χ0) is 10.6. The van der Waals surface area contributed by atoms with Crippen LogP contribution in [0.3, 0.4) is 0 Å². The summed E-state index contributed by atoms with van der Waals surface area (Å²) in [6.45, 7) is 0. The van der Waals surface area contributed by atoms with Gasteiger partial charge in [-0.05, 0) is 24.5 Å². The largest absolute Gasteiger partial charge is 0.366 e. The zero-order valence-corrected chi connectivity index (χ0v) is 8.35. The topological polar surface area (TPSA) is 43.1 Å². The van der Waals surface area contributed by atoms with E-state index in [0.717, 1.165) is 0 Å². The van der Waals surface area contributed by atoms with Crippen LogP contribution in [0.1, 0.15) is 22.3 Å². The number of hydrogen-bond donors (Lipinski definition) is 1. The number of halogens is 2. The van der Waals surface area contributed by atoms with Crippen molar-refractivity contribution in [1.29, 1.82) is 0 Å². The number of primary amides is 1. The number of rotatable bonds is 4. The minimum Gasteiger partial charge on any atom is -0.366 e. The third-order valence-electron chi connectivity index (χ3n) is 1.92. The van der Waals surface area contributed by atoms with Crippen molar-refractivity contribution in [2.24, 2.45) is 5.73 Å². The molecule has 2 nitrogen and oxygen atoms in total. The second-order valence-corrected chi connectivity index (χ2v) is 3.31. The third kappa shape index (κ3) is 2.45. The Hall–Kier alpha value is -1.09. The fourth-order valence-electron chi connectivity index (χ4n) is 1.22.